The summed E-state index contributed by atoms with van der Waals surface area (Å²) < 4.78 is 5.02. The number of phenols is 1. The lowest BCUT2D eigenvalue weighted by Crippen LogP contribution is -2.34. The summed E-state index contributed by atoms with van der Waals surface area (Å²) in [4.78, 5) is 22.2. The van der Waals surface area contributed by atoms with Crippen LogP contribution in [0.5, 0.6) is 11.6 Å². The Morgan fingerprint density at radius 1 is 1.35 bits per heavy atom. The molecule has 1 saturated heterocycles. The maximum atomic E-state index is 12.5. The number of aromatic hydroxyl groups is 1. The SMILES string of the molecule is COc1cc(NC(=O)N2CCCC2c2ccc(O)cc2)ncn1. The molecule has 2 aromatic rings. The number of carbonyl (C=O) groups excluding carboxylic acids is 1. The van der Waals surface area contributed by atoms with Gasteiger partial charge in [-0.15, -0.1) is 0 Å². The molecule has 0 radical (unpaired) electrons. The Labute approximate surface area is 133 Å². The summed E-state index contributed by atoms with van der Waals surface area (Å²) in [6.45, 7) is 0.680. The van der Waals surface area contributed by atoms with Crippen molar-refractivity contribution in [1.82, 2.24) is 14.9 Å². The molecule has 1 aliphatic rings. The maximum absolute atomic E-state index is 12.5. The van der Waals surface area contributed by atoms with Gasteiger partial charge in [0.05, 0.1) is 13.2 Å². The minimum Gasteiger partial charge on any atom is -0.508 e. The van der Waals surface area contributed by atoms with E-state index in [0.717, 1.165) is 18.4 Å². The van der Waals surface area contributed by atoms with E-state index in [4.69, 9.17) is 4.74 Å². The van der Waals surface area contributed by atoms with Gasteiger partial charge in [0.2, 0.25) is 5.88 Å². The van der Waals surface area contributed by atoms with Crippen LogP contribution >= 0.6 is 0 Å². The molecule has 1 fully saturated rings. The number of hydrogen-bond acceptors (Lipinski definition) is 5. The second kappa shape index (κ2) is 6.51. The van der Waals surface area contributed by atoms with Crippen LogP contribution in [-0.4, -0.2) is 39.7 Å². The smallest absolute Gasteiger partial charge is 0.323 e. The number of anilines is 1. The van der Waals surface area contributed by atoms with Gasteiger partial charge in [-0.2, -0.15) is 0 Å². The molecule has 2 heterocycles. The van der Waals surface area contributed by atoms with Crippen LogP contribution in [0.25, 0.3) is 0 Å². The Bertz CT molecular complexity index is 690. The lowest BCUT2D eigenvalue weighted by atomic mass is 10.0. The van der Waals surface area contributed by atoms with Gasteiger partial charge in [-0.05, 0) is 30.5 Å². The lowest BCUT2D eigenvalue weighted by Gasteiger charge is -2.25. The molecule has 1 aromatic carbocycles. The van der Waals surface area contributed by atoms with E-state index in [1.54, 1.807) is 23.1 Å². The minimum absolute atomic E-state index is 0.000618. The van der Waals surface area contributed by atoms with Crippen molar-refractivity contribution in [3.05, 3.63) is 42.2 Å². The highest BCUT2D eigenvalue weighted by molar-refractivity contribution is 5.88. The number of ether oxygens (including phenoxy) is 1. The van der Waals surface area contributed by atoms with E-state index in [2.05, 4.69) is 15.3 Å². The monoisotopic (exact) mass is 314 g/mol. The second-order valence-corrected chi connectivity index (χ2v) is 5.32. The molecule has 2 amide bonds. The van der Waals surface area contributed by atoms with Crippen molar-refractivity contribution >= 4 is 11.8 Å². The van der Waals surface area contributed by atoms with Gasteiger partial charge in [-0.25, -0.2) is 14.8 Å². The highest BCUT2D eigenvalue weighted by atomic mass is 16.5. The van der Waals surface area contributed by atoms with E-state index in [0.29, 0.717) is 18.2 Å². The molecule has 1 atom stereocenters. The highest BCUT2D eigenvalue weighted by Crippen LogP contribution is 2.33. The third kappa shape index (κ3) is 3.33. The lowest BCUT2D eigenvalue weighted by molar-refractivity contribution is 0.207. The van der Waals surface area contributed by atoms with Crippen molar-refractivity contribution < 1.29 is 14.6 Å². The second-order valence-electron chi connectivity index (χ2n) is 5.32. The third-order valence-corrected chi connectivity index (χ3v) is 3.88. The van der Waals surface area contributed by atoms with Gasteiger partial charge in [-0.3, -0.25) is 5.32 Å². The molecule has 2 N–H and O–H groups in total. The van der Waals surface area contributed by atoms with Gasteiger partial charge in [0, 0.05) is 12.6 Å². The largest absolute Gasteiger partial charge is 0.508 e. The van der Waals surface area contributed by atoms with E-state index in [-0.39, 0.29) is 17.8 Å². The molecule has 0 saturated carbocycles. The Balaban J connectivity index is 1.74. The topological polar surface area (TPSA) is 87.6 Å². The Hall–Kier alpha value is -2.83. The van der Waals surface area contributed by atoms with Crippen molar-refractivity contribution in [1.29, 1.82) is 0 Å². The normalized spacial score (nSPS) is 17.1. The predicted octanol–water partition coefficient (Wildman–Crippen LogP) is 2.56. The number of aromatic nitrogens is 2. The zero-order valence-corrected chi connectivity index (χ0v) is 12.8. The summed E-state index contributed by atoms with van der Waals surface area (Å²) in [6.07, 6.45) is 3.17. The number of amides is 2. The Morgan fingerprint density at radius 3 is 2.87 bits per heavy atom. The first kappa shape index (κ1) is 15.1. The van der Waals surface area contributed by atoms with Crippen LogP contribution in [-0.2, 0) is 0 Å². The first-order chi connectivity index (χ1) is 11.2. The number of rotatable bonds is 3. The number of phenolic OH excluding ortho intramolecular Hbond substituents is 1. The molecule has 1 aromatic heterocycles. The van der Waals surface area contributed by atoms with E-state index in [1.807, 2.05) is 12.1 Å². The standard InChI is InChI=1S/C16H18N4O3/c1-23-15-9-14(17-10-18-15)19-16(22)20-8-2-3-13(20)11-4-6-12(21)7-5-11/h4-7,9-10,13,21H,2-3,8H2,1H3,(H,17,18,19,22). The van der Waals surface area contributed by atoms with Crippen molar-refractivity contribution in [2.45, 2.75) is 18.9 Å². The highest BCUT2D eigenvalue weighted by Gasteiger charge is 2.30. The predicted molar refractivity (Wildman–Crippen MR) is 84.4 cm³/mol. The quantitative estimate of drug-likeness (QED) is 0.909. The molecular formula is C16H18N4O3. The van der Waals surface area contributed by atoms with Crippen LogP contribution in [0, 0.1) is 0 Å². The molecule has 120 valence electrons. The summed E-state index contributed by atoms with van der Waals surface area (Å²) in [5.74, 6) is 1.01. The number of nitrogens with one attached hydrogen (secondary N) is 1. The summed E-state index contributed by atoms with van der Waals surface area (Å²) >= 11 is 0. The molecule has 23 heavy (non-hydrogen) atoms. The molecular weight excluding hydrogens is 296 g/mol. The number of likely N-dealkylation sites (tertiary alicyclic amines) is 1. The number of hydrogen-bond donors (Lipinski definition) is 2. The van der Waals surface area contributed by atoms with Gasteiger partial charge in [-0.1, -0.05) is 12.1 Å². The molecule has 1 aliphatic heterocycles. The fourth-order valence-electron chi connectivity index (χ4n) is 2.75. The summed E-state index contributed by atoms with van der Waals surface area (Å²) in [5.41, 5.74) is 1.01. The molecule has 7 heteroatoms. The Morgan fingerprint density at radius 2 is 2.13 bits per heavy atom. The van der Waals surface area contributed by atoms with Crippen LogP contribution in [0.15, 0.2) is 36.7 Å². The fraction of sp³-hybridized carbons (Fsp3) is 0.312. The maximum Gasteiger partial charge on any atom is 0.323 e. The fourth-order valence-corrected chi connectivity index (χ4v) is 2.75. The van der Waals surface area contributed by atoms with Crippen LogP contribution in [0.2, 0.25) is 0 Å². The minimum atomic E-state index is -0.207. The summed E-state index contributed by atoms with van der Waals surface area (Å²) in [5, 5.41) is 12.2. The number of methoxy groups -OCH3 is 1. The average Bonchev–Trinajstić information content (AvgIpc) is 3.05. The molecule has 1 unspecified atom stereocenters. The van der Waals surface area contributed by atoms with Crippen LogP contribution in [0.3, 0.4) is 0 Å². The molecule has 0 bridgehead atoms. The zero-order chi connectivity index (χ0) is 16.2. The molecule has 0 spiro atoms. The van der Waals surface area contributed by atoms with Gasteiger partial charge < -0.3 is 14.7 Å². The zero-order valence-electron chi connectivity index (χ0n) is 12.8. The van der Waals surface area contributed by atoms with Crippen LogP contribution in [0.4, 0.5) is 10.6 Å². The van der Waals surface area contributed by atoms with Gasteiger partial charge in [0.15, 0.2) is 0 Å². The van der Waals surface area contributed by atoms with E-state index >= 15 is 0 Å². The molecule has 3 rings (SSSR count). The van der Waals surface area contributed by atoms with Gasteiger partial charge in [0.1, 0.15) is 17.9 Å². The first-order valence-corrected chi connectivity index (χ1v) is 7.40. The summed E-state index contributed by atoms with van der Waals surface area (Å²) in [7, 11) is 1.51. The Kier molecular flexibility index (Phi) is 4.27. The van der Waals surface area contributed by atoms with Crippen molar-refractivity contribution in [2.75, 3.05) is 19.0 Å². The molecule has 7 nitrogen and oxygen atoms in total. The van der Waals surface area contributed by atoms with E-state index < -0.39 is 0 Å². The van der Waals surface area contributed by atoms with Crippen molar-refractivity contribution in [3.8, 4) is 11.6 Å². The van der Waals surface area contributed by atoms with Gasteiger partial charge >= 0.3 is 6.03 Å². The third-order valence-electron chi connectivity index (χ3n) is 3.88. The van der Waals surface area contributed by atoms with Crippen LogP contribution < -0.4 is 10.1 Å². The number of carbonyl (C=O) groups is 1. The van der Waals surface area contributed by atoms with Crippen molar-refractivity contribution in [2.24, 2.45) is 0 Å². The summed E-state index contributed by atoms with van der Waals surface area (Å²) in [6, 6.07) is 8.33. The van der Waals surface area contributed by atoms with Gasteiger partial charge in [0.25, 0.3) is 0 Å². The average molecular weight is 314 g/mol. The number of urea groups is 1. The van der Waals surface area contributed by atoms with Crippen molar-refractivity contribution in [3.63, 3.8) is 0 Å². The van der Waals surface area contributed by atoms with Crippen LogP contribution in [0.1, 0.15) is 24.4 Å². The number of benzene rings is 1. The van der Waals surface area contributed by atoms with E-state index in [9.17, 15) is 9.90 Å². The first-order valence-electron chi connectivity index (χ1n) is 7.40. The van der Waals surface area contributed by atoms with E-state index in [1.165, 1.54) is 13.4 Å². The number of nitrogens with zero attached hydrogens (tertiary/aromatic N) is 3. The molecule has 0 aliphatic carbocycles.